The van der Waals surface area contributed by atoms with Crippen LogP contribution in [0.4, 0.5) is 11.4 Å². The summed E-state index contributed by atoms with van der Waals surface area (Å²) in [7, 11) is 0. The second-order valence-electron chi connectivity index (χ2n) is 7.46. The molecule has 0 aliphatic carbocycles. The maximum atomic E-state index is 12.7. The number of nitro benzene ring substituents is 1. The number of nitro groups is 1. The topological polar surface area (TPSA) is 114 Å². The van der Waals surface area contributed by atoms with Gasteiger partial charge in [0.05, 0.1) is 22.2 Å². The van der Waals surface area contributed by atoms with E-state index in [1.807, 2.05) is 44.2 Å². The van der Waals surface area contributed by atoms with Gasteiger partial charge in [-0.2, -0.15) is 5.26 Å². The van der Waals surface area contributed by atoms with Gasteiger partial charge in [0.1, 0.15) is 18.2 Å². The van der Waals surface area contributed by atoms with Gasteiger partial charge in [-0.05, 0) is 49.2 Å². The van der Waals surface area contributed by atoms with Crippen LogP contribution in [0.15, 0.2) is 66.2 Å². The summed E-state index contributed by atoms with van der Waals surface area (Å²) in [6, 6.07) is 18.5. The quantitative estimate of drug-likeness (QED) is 0.168. The second kappa shape index (κ2) is 11.7. The highest BCUT2D eigenvalue weighted by atomic mass is 35.5. The van der Waals surface area contributed by atoms with E-state index in [9.17, 15) is 20.2 Å². The van der Waals surface area contributed by atoms with Gasteiger partial charge in [-0.1, -0.05) is 47.5 Å². The Bertz CT molecular complexity index is 1310. The van der Waals surface area contributed by atoms with Crippen molar-refractivity contribution in [2.75, 3.05) is 11.9 Å². The van der Waals surface area contributed by atoms with E-state index in [1.54, 1.807) is 18.2 Å². The molecule has 0 atom stereocenters. The number of hydrogen-bond donors (Lipinski definition) is 1. The average molecular weight is 492 g/mol. The Kier molecular flexibility index (Phi) is 8.43. The number of benzene rings is 3. The maximum absolute atomic E-state index is 12.7. The molecule has 0 aliphatic heterocycles. The number of halogens is 1. The Balaban J connectivity index is 1.80. The van der Waals surface area contributed by atoms with Crippen LogP contribution in [0.25, 0.3) is 6.08 Å². The molecule has 3 aromatic rings. The Hall–Kier alpha value is -4.35. The zero-order chi connectivity index (χ0) is 25.4. The number of nitrogens with zero attached hydrogens (tertiary/aromatic N) is 2. The first-order chi connectivity index (χ1) is 16.8. The van der Waals surface area contributed by atoms with E-state index in [-0.39, 0.29) is 22.0 Å². The summed E-state index contributed by atoms with van der Waals surface area (Å²) in [5.74, 6) is 0.233. The molecule has 0 spiro atoms. The number of hydrogen-bond acceptors (Lipinski definition) is 6. The Labute approximate surface area is 207 Å². The Morgan fingerprint density at radius 1 is 1.11 bits per heavy atom. The number of carbonyl (C=O) groups excluding carboxylic acids is 1. The van der Waals surface area contributed by atoms with E-state index in [0.717, 1.165) is 17.2 Å². The second-order valence-corrected chi connectivity index (χ2v) is 7.87. The highest BCUT2D eigenvalue weighted by Crippen LogP contribution is 2.31. The van der Waals surface area contributed by atoms with Gasteiger partial charge in [-0.25, -0.2) is 0 Å². The van der Waals surface area contributed by atoms with Crippen LogP contribution in [0, 0.1) is 28.4 Å². The number of rotatable bonds is 9. The fraction of sp³-hybridized carbons (Fsp3) is 0.154. The fourth-order valence-electron chi connectivity index (χ4n) is 3.07. The molecular weight excluding hydrogens is 470 g/mol. The fourth-order valence-corrected chi connectivity index (χ4v) is 3.24. The van der Waals surface area contributed by atoms with Crippen LogP contribution < -0.4 is 14.8 Å². The number of amides is 1. The van der Waals surface area contributed by atoms with Crippen molar-refractivity contribution in [2.24, 2.45) is 0 Å². The summed E-state index contributed by atoms with van der Waals surface area (Å²) in [6.07, 6.45) is 1.38. The highest BCUT2D eigenvalue weighted by Gasteiger charge is 2.16. The molecule has 0 bridgehead atoms. The van der Waals surface area contributed by atoms with Gasteiger partial charge in [0, 0.05) is 12.1 Å². The zero-order valence-corrected chi connectivity index (χ0v) is 19.8. The van der Waals surface area contributed by atoms with E-state index < -0.39 is 10.8 Å². The van der Waals surface area contributed by atoms with Crippen molar-refractivity contribution in [2.45, 2.75) is 20.5 Å². The van der Waals surface area contributed by atoms with Crippen molar-refractivity contribution in [1.82, 2.24) is 0 Å². The molecule has 3 rings (SSSR count). The molecule has 0 aliphatic rings. The van der Waals surface area contributed by atoms with Crippen LogP contribution in [0.1, 0.15) is 23.6 Å². The molecule has 9 heteroatoms. The number of anilines is 1. The third-order valence-electron chi connectivity index (χ3n) is 4.87. The molecule has 3 aromatic carbocycles. The average Bonchev–Trinajstić information content (AvgIpc) is 2.84. The molecule has 8 nitrogen and oxygen atoms in total. The number of nitrogens with one attached hydrogen (secondary N) is 1. The van der Waals surface area contributed by atoms with E-state index in [1.165, 1.54) is 18.2 Å². The van der Waals surface area contributed by atoms with E-state index in [4.69, 9.17) is 21.1 Å². The van der Waals surface area contributed by atoms with Crippen molar-refractivity contribution in [3.05, 3.63) is 98.1 Å². The van der Waals surface area contributed by atoms with E-state index in [0.29, 0.717) is 30.3 Å². The SMILES string of the molecule is CCOc1cc(/C=C(\C#N)C(=O)Nc2cc([N+](=O)[O-])ccc2Cl)ccc1OCc1ccc(C)cc1. The monoisotopic (exact) mass is 491 g/mol. The van der Waals surface area contributed by atoms with E-state index in [2.05, 4.69) is 5.32 Å². The lowest BCUT2D eigenvalue weighted by atomic mass is 10.1. The number of aryl methyl sites for hydroxylation is 1. The lowest BCUT2D eigenvalue weighted by molar-refractivity contribution is -0.384. The van der Waals surface area contributed by atoms with Gasteiger partial charge in [-0.3, -0.25) is 14.9 Å². The molecule has 1 amide bonds. The van der Waals surface area contributed by atoms with Gasteiger partial charge >= 0.3 is 0 Å². The Morgan fingerprint density at radius 2 is 1.86 bits per heavy atom. The third-order valence-corrected chi connectivity index (χ3v) is 5.20. The molecule has 0 saturated carbocycles. The number of nitriles is 1. The molecule has 35 heavy (non-hydrogen) atoms. The lowest BCUT2D eigenvalue weighted by Gasteiger charge is -2.13. The summed E-state index contributed by atoms with van der Waals surface area (Å²) < 4.78 is 11.6. The zero-order valence-electron chi connectivity index (χ0n) is 19.1. The standard InChI is InChI=1S/C26H22ClN3O5/c1-3-34-25-13-19(8-11-24(25)35-16-18-6-4-17(2)5-7-18)12-20(15-28)26(31)29-23-14-21(30(32)33)9-10-22(23)27/h4-14H,3,16H2,1-2H3,(H,29,31)/b20-12+. The van der Waals surface area contributed by atoms with Crippen molar-refractivity contribution in [3.63, 3.8) is 0 Å². The van der Waals surface area contributed by atoms with Crippen LogP contribution in [-0.2, 0) is 11.4 Å². The molecule has 0 radical (unpaired) electrons. The first-order valence-corrected chi connectivity index (χ1v) is 11.0. The van der Waals surface area contributed by atoms with Crippen molar-refractivity contribution in [1.29, 1.82) is 5.26 Å². The molecule has 1 N–H and O–H groups in total. The molecule has 0 saturated heterocycles. The highest BCUT2D eigenvalue weighted by molar-refractivity contribution is 6.34. The summed E-state index contributed by atoms with van der Waals surface area (Å²) in [5.41, 5.74) is 2.27. The molecule has 0 heterocycles. The van der Waals surface area contributed by atoms with Gasteiger partial charge < -0.3 is 14.8 Å². The van der Waals surface area contributed by atoms with Crippen LogP contribution in [0.3, 0.4) is 0 Å². The molecule has 178 valence electrons. The maximum Gasteiger partial charge on any atom is 0.271 e. The van der Waals surface area contributed by atoms with Gasteiger partial charge in [-0.15, -0.1) is 0 Å². The first-order valence-electron chi connectivity index (χ1n) is 10.6. The molecular formula is C26H22ClN3O5. The van der Waals surface area contributed by atoms with Crippen molar-refractivity contribution in [3.8, 4) is 17.6 Å². The number of non-ortho nitro benzene ring substituents is 1. The van der Waals surface area contributed by atoms with E-state index >= 15 is 0 Å². The molecule has 0 unspecified atom stereocenters. The number of ether oxygens (including phenoxy) is 2. The van der Waals surface area contributed by atoms with Gasteiger partial charge in [0.25, 0.3) is 11.6 Å². The van der Waals surface area contributed by atoms with Crippen LogP contribution in [0.2, 0.25) is 5.02 Å². The van der Waals surface area contributed by atoms with Crippen LogP contribution in [0.5, 0.6) is 11.5 Å². The summed E-state index contributed by atoms with van der Waals surface area (Å²) in [6.45, 7) is 4.59. The largest absolute Gasteiger partial charge is 0.490 e. The van der Waals surface area contributed by atoms with Gasteiger partial charge in [0.15, 0.2) is 11.5 Å². The molecule has 0 aromatic heterocycles. The van der Waals surface area contributed by atoms with Gasteiger partial charge in [0.2, 0.25) is 0 Å². The first kappa shape index (κ1) is 25.3. The predicted molar refractivity (Wildman–Crippen MR) is 133 cm³/mol. The molecule has 0 fully saturated rings. The van der Waals surface area contributed by atoms with Crippen molar-refractivity contribution >= 4 is 35.0 Å². The third kappa shape index (κ3) is 6.82. The van der Waals surface area contributed by atoms with Crippen LogP contribution in [-0.4, -0.2) is 17.4 Å². The Morgan fingerprint density at radius 3 is 2.51 bits per heavy atom. The minimum absolute atomic E-state index is 0.0295. The minimum Gasteiger partial charge on any atom is -0.490 e. The summed E-state index contributed by atoms with van der Waals surface area (Å²) >= 11 is 6.04. The summed E-state index contributed by atoms with van der Waals surface area (Å²) in [5, 5.41) is 23.1. The number of carbonyl (C=O) groups is 1. The lowest BCUT2D eigenvalue weighted by Crippen LogP contribution is -2.14. The predicted octanol–water partition coefficient (Wildman–Crippen LogP) is 6.08. The smallest absolute Gasteiger partial charge is 0.271 e. The normalized spacial score (nSPS) is 10.9. The van der Waals surface area contributed by atoms with Crippen LogP contribution >= 0.6 is 11.6 Å². The van der Waals surface area contributed by atoms with Crippen molar-refractivity contribution < 1.29 is 19.2 Å². The summed E-state index contributed by atoms with van der Waals surface area (Å²) in [4.78, 5) is 23.0. The minimum atomic E-state index is -0.757.